The van der Waals surface area contributed by atoms with Gasteiger partial charge in [0, 0.05) is 61.2 Å². The van der Waals surface area contributed by atoms with Crippen molar-refractivity contribution in [3.8, 4) is 18.1 Å². The first-order valence-corrected chi connectivity index (χ1v) is 10.5. The second-order valence-corrected chi connectivity index (χ2v) is 8.09. The predicted octanol–water partition coefficient (Wildman–Crippen LogP) is 3.25. The van der Waals surface area contributed by atoms with E-state index in [-0.39, 0.29) is 17.5 Å². The van der Waals surface area contributed by atoms with E-state index in [0.29, 0.717) is 16.9 Å². The molecule has 3 aromatic rings. The lowest BCUT2D eigenvalue weighted by molar-refractivity contribution is 0.223. The quantitative estimate of drug-likeness (QED) is 0.606. The molecule has 0 saturated carbocycles. The second kappa shape index (κ2) is 8.44. The van der Waals surface area contributed by atoms with Gasteiger partial charge in [-0.1, -0.05) is 5.92 Å². The van der Waals surface area contributed by atoms with Gasteiger partial charge in [-0.05, 0) is 42.8 Å². The van der Waals surface area contributed by atoms with Crippen LogP contribution in [0.25, 0.3) is 10.9 Å². The third kappa shape index (κ3) is 4.20. The lowest BCUT2D eigenvalue weighted by atomic mass is 10.00. The zero-order valence-electron chi connectivity index (χ0n) is 17.7. The Kier molecular flexibility index (Phi) is 5.33. The van der Waals surface area contributed by atoms with Crippen LogP contribution in [0.5, 0.6) is 5.75 Å². The van der Waals surface area contributed by atoms with Gasteiger partial charge in [0.25, 0.3) is 0 Å². The van der Waals surface area contributed by atoms with Crippen LogP contribution in [0.2, 0.25) is 0 Å². The highest BCUT2D eigenvalue weighted by atomic mass is 19.1. The van der Waals surface area contributed by atoms with Crippen molar-refractivity contribution in [3.63, 3.8) is 0 Å². The predicted molar refractivity (Wildman–Crippen MR) is 123 cm³/mol. The molecule has 2 aliphatic rings. The van der Waals surface area contributed by atoms with Gasteiger partial charge in [0.05, 0.1) is 0 Å². The summed E-state index contributed by atoms with van der Waals surface area (Å²) in [5, 5.41) is 13.3. The number of benzene rings is 2. The first-order chi connectivity index (χ1) is 15.6. The monoisotopic (exact) mass is 430 g/mol. The van der Waals surface area contributed by atoms with Crippen molar-refractivity contribution in [1.29, 1.82) is 0 Å². The number of halogens is 1. The largest absolute Gasteiger partial charge is 0.489 e. The molecule has 2 atom stereocenters. The number of ether oxygens (including phenoxy) is 1. The maximum absolute atomic E-state index is 14.5. The highest BCUT2D eigenvalue weighted by Gasteiger charge is 2.21. The Hall–Kier alpha value is -3.70. The van der Waals surface area contributed by atoms with E-state index < -0.39 is 5.82 Å². The van der Waals surface area contributed by atoms with Crippen molar-refractivity contribution < 1.29 is 9.13 Å². The molecule has 0 spiro atoms. The van der Waals surface area contributed by atoms with Crippen LogP contribution in [0.4, 0.5) is 16.0 Å². The third-order valence-electron chi connectivity index (χ3n) is 5.64. The first-order valence-electron chi connectivity index (χ1n) is 10.5. The summed E-state index contributed by atoms with van der Waals surface area (Å²) >= 11 is 0. The number of hydrogen-bond donors (Lipinski definition) is 2. The topological polar surface area (TPSA) is 74.7 Å². The van der Waals surface area contributed by atoms with Gasteiger partial charge >= 0.3 is 0 Å². The minimum Gasteiger partial charge on any atom is -0.489 e. The van der Waals surface area contributed by atoms with Crippen molar-refractivity contribution in [2.75, 3.05) is 32.0 Å². The molecule has 0 aliphatic carbocycles. The van der Waals surface area contributed by atoms with Gasteiger partial charge in [0.15, 0.2) is 5.82 Å². The van der Waals surface area contributed by atoms with Crippen molar-refractivity contribution in [2.24, 2.45) is 5.10 Å². The number of hydrogen-bond acceptors (Lipinski definition) is 7. The van der Waals surface area contributed by atoms with Crippen LogP contribution in [0.3, 0.4) is 0 Å². The second-order valence-electron chi connectivity index (χ2n) is 8.09. The number of hydrazone groups is 1. The maximum Gasteiger partial charge on any atom is 0.227 e. The Bertz CT molecular complexity index is 1230. The summed E-state index contributed by atoms with van der Waals surface area (Å²) in [7, 11) is 1.95. The number of nitrogens with one attached hydrogen (secondary N) is 2. The van der Waals surface area contributed by atoms with Crippen molar-refractivity contribution in [2.45, 2.75) is 18.4 Å². The Morgan fingerprint density at radius 2 is 2.19 bits per heavy atom. The summed E-state index contributed by atoms with van der Waals surface area (Å²) in [5.74, 6) is 3.19. The fourth-order valence-corrected chi connectivity index (χ4v) is 4.04. The average molecular weight is 430 g/mol. The highest BCUT2D eigenvalue weighted by Crippen LogP contribution is 2.30. The van der Waals surface area contributed by atoms with Crippen LogP contribution in [0.15, 0.2) is 41.6 Å². The fourth-order valence-electron chi connectivity index (χ4n) is 4.04. The van der Waals surface area contributed by atoms with Gasteiger partial charge in [-0.2, -0.15) is 5.10 Å². The van der Waals surface area contributed by atoms with Gasteiger partial charge in [-0.3, -0.25) is 5.01 Å². The summed E-state index contributed by atoms with van der Waals surface area (Å²) in [6.07, 6.45) is 9.99. The van der Waals surface area contributed by atoms with E-state index in [4.69, 9.17) is 11.2 Å². The van der Waals surface area contributed by atoms with Crippen molar-refractivity contribution >= 4 is 28.8 Å². The molecule has 2 N–H and O–H groups in total. The molecule has 7 nitrogen and oxygen atoms in total. The molecule has 3 heterocycles. The number of rotatable bonds is 5. The zero-order valence-corrected chi connectivity index (χ0v) is 17.7. The Morgan fingerprint density at radius 3 is 2.94 bits per heavy atom. The molecular formula is C24H23FN6O. The van der Waals surface area contributed by atoms with Crippen LogP contribution in [-0.2, 0) is 0 Å². The molecule has 0 radical (unpaired) electrons. The summed E-state index contributed by atoms with van der Waals surface area (Å²) in [5.41, 5.74) is 2.52. The molecule has 162 valence electrons. The Balaban J connectivity index is 1.47. The molecular weight excluding hydrogens is 407 g/mol. The maximum atomic E-state index is 14.5. The lowest BCUT2D eigenvalue weighted by Crippen LogP contribution is -2.20. The molecule has 0 bridgehead atoms. The van der Waals surface area contributed by atoms with Gasteiger partial charge < -0.3 is 15.4 Å². The van der Waals surface area contributed by atoms with E-state index in [0.717, 1.165) is 43.1 Å². The van der Waals surface area contributed by atoms with Gasteiger partial charge in [0.2, 0.25) is 5.95 Å². The smallest absolute Gasteiger partial charge is 0.227 e. The van der Waals surface area contributed by atoms with Crippen molar-refractivity contribution in [1.82, 2.24) is 20.3 Å². The minimum absolute atomic E-state index is 0.134. The standard InChI is InChI=1S/C24H23FN6O/c1-3-15-6-17-11-27-24(30-23(17)22(25)7-15)29-19-8-16(18-12-28-31(2)14-18)9-21(10-19)32-20-4-5-26-13-20/h1,6-12,18,20,26H,4-5,13-14H2,2H3,(H,27,29,30)/t18?,20-/m1/s1. The highest BCUT2D eigenvalue weighted by molar-refractivity contribution is 5.81. The molecule has 1 fully saturated rings. The molecule has 2 aromatic carbocycles. The molecule has 8 heteroatoms. The summed E-state index contributed by atoms with van der Waals surface area (Å²) in [6.45, 7) is 2.57. The molecule has 32 heavy (non-hydrogen) atoms. The van der Waals surface area contributed by atoms with Crippen LogP contribution in [0.1, 0.15) is 23.5 Å². The summed E-state index contributed by atoms with van der Waals surface area (Å²) in [6, 6.07) is 9.00. The van der Waals surface area contributed by atoms with Gasteiger partial charge in [-0.15, -0.1) is 6.42 Å². The van der Waals surface area contributed by atoms with E-state index in [9.17, 15) is 4.39 Å². The number of aromatic nitrogens is 2. The molecule has 1 saturated heterocycles. The Labute approximate surface area is 185 Å². The minimum atomic E-state index is -0.474. The summed E-state index contributed by atoms with van der Waals surface area (Å²) in [4.78, 5) is 8.71. The number of likely N-dealkylation sites (N-methyl/N-ethyl adjacent to an activating group) is 1. The third-order valence-corrected chi connectivity index (χ3v) is 5.64. The van der Waals surface area contributed by atoms with Crippen LogP contribution < -0.4 is 15.4 Å². The molecule has 1 aromatic heterocycles. The van der Waals surface area contributed by atoms with E-state index in [1.165, 1.54) is 6.07 Å². The van der Waals surface area contributed by atoms with Crippen LogP contribution >= 0.6 is 0 Å². The average Bonchev–Trinajstić information content (AvgIpc) is 3.45. The molecule has 2 aliphatic heterocycles. The van der Waals surface area contributed by atoms with Gasteiger partial charge in [-0.25, -0.2) is 14.4 Å². The normalized spacial score (nSPS) is 20.0. The number of anilines is 2. The number of fused-ring (bicyclic) bond motifs is 1. The van der Waals surface area contributed by atoms with E-state index in [1.54, 1.807) is 12.3 Å². The summed E-state index contributed by atoms with van der Waals surface area (Å²) < 4.78 is 20.7. The van der Waals surface area contributed by atoms with Crippen LogP contribution in [0, 0.1) is 18.2 Å². The molecule has 5 rings (SSSR count). The SMILES string of the molecule is C#Cc1cc(F)c2nc(Nc3cc(O[C@@H]4CCNC4)cc(C4C=NN(C)C4)c3)ncc2c1. The van der Waals surface area contributed by atoms with E-state index in [1.807, 2.05) is 30.4 Å². The zero-order chi connectivity index (χ0) is 22.1. The van der Waals surface area contributed by atoms with Crippen LogP contribution in [-0.4, -0.2) is 54.0 Å². The lowest BCUT2D eigenvalue weighted by Gasteiger charge is -2.18. The van der Waals surface area contributed by atoms with E-state index >= 15 is 0 Å². The van der Waals surface area contributed by atoms with Gasteiger partial charge in [0.1, 0.15) is 17.4 Å². The molecule has 1 unspecified atom stereocenters. The van der Waals surface area contributed by atoms with Crippen molar-refractivity contribution in [3.05, 3.63) is 53.5 Å². The Morgan fingerprint density at radius 1 is 1.28 bits per heavy atom. The number of nitrogens with zero attached hydrogens (tertiary/aromatic N) is 4. The first kappa shape index (κ1) is 20.2. The van der Waals surface area contributed by atoms with E-state index in [2.05, 4.69) is 37.7 Å². The number of terminal acetylenes is 1. The molecule has 0 amide bonds. The fraction of sp³-hybridized carbons (Fsp3) is 0.292.